The van der Waals surface area contributed by atoms with Crippen LogP contribution in [0, 0.1) is 0 Å². The average Bonchev–Trinajstić information content (AvgIpc) is 3.23. The molecular weight excluding hydrogens is 464 g/mol. The predicted molar refractivity (Wildman–Crippen MR) is 150 cm³/mol. The van der Waals surface area contributed by atoms with E-state index < -0.39 is 5.60 Å². The van der Waals surface area contributed by atoms with E-state index in [-0.39, 0.29) is 0 Å². The standard InChI is InChI=1S/C30H36N4O3/c1-30(2,35)20-33-12-14-34(15-13-33)24-9-6-21(7-10-24)23-16-27-25(31-19-23)18-26(32(27)3)22-8-11-28(36-4)29(17-22)37-5/h6-11,16-19,35H,12-15,20H2,1-5H3. The molecule has 0 amide bonds. The van der Waals surface area contributed by atoms with Crippen molar-refractivity contribution < 1.29 is 14.6 Å². The Morgan fingerprint density at radius 3 is 2.16 bits per heavy atom. The Bertz CT molecular complexity index is 1380. The number of rotatable bonds is 7. The number of nitrogens with zero attached hydrogens (tertiary/aromatic N) is 4. The molecule has 1 N–H and O–H groups in total. The zero-order valence-electron chi connectivity index (χ0n) is 22.4. The Morgan fingerprint density at radius 2 is 1.51 bits per heavy atom. The zero-order valence-corrected chi connectivity index (χ0v) is 22.4. The molecule has 194 valence electrons. The number of pyridine rings is 1. The van der Waals surface area contributed by atoms with Crippen LogP contribution in [-0.2, 0) is 7.05 Å². The minimum Gasteiger partial charge on any atom is -0.493 e. The van der Waals surface area contributed by atoms with Crippen LogP contribution in [0.5, 0.6) is 11.5 Å². The van der Waals surface area contributed by atoms with Gasteiger partial charge in [-0.1, -0.05) is 12.1 Å². The molecule has 0 atom stereocenters. The first-order valence-corrected chi connectivity index (χ1v) is 12.7. The van der Waals surface area contributed by atoms with Crippen LogP contribution in [0.2, 0.25) is 0 Å². The summed E-state index contributed by atoms with van der Waals surface area (Å²) < 4.78 is 13.1. The lowest BCUT2D eigenvalue weighted by Gasteiger charge is -2.38. The molecule has 4 aromatic rings. The van der Waals surface area contributed by atoms with Gasteiger partial charge in [-0.3, -0.25) is 9.88 Å². The highest BCUT2D eigenvalue weighted by Crippen LogP contribution is 2.35. The van der Waals surface area contributed by atoms with E-state index in [9.17, 15) is 5.11 Å². The maximum Gasteiger partial charge on any atom is 0.161 e. The van der Waals surface area contributed by atoms with E-state index in [0.29, 0.717) is 18.0 Å². The highest BCUT2D eigenvalue weighted by Gasteiger charge is 2.23. The Balaban J connectivity index is 1.35. The monoisotopic (exact) mass is 500 g/mol. The Labute approximate surface area is 218 Å². The fraction of sp³-hybridized carbons (Fsp3) is 0.367. The Morgan fingerprint density at radius 1 is 0.838 bits per heavy atom. The summed E-state index contributed by atoms with van der Waals surface area (Å²) in [4.78, 5) is 9.53. The molecule has 0 radical (unpaired) electrons. The number of fused-ring (bicyclic) bond motifs is 1. The zero-order chi connectivity index (χ0) is 26.2. The van der Waals surface area contributed by atoms with Gasteiger partial charge in [0, 0.05) is 62.8 Å². The van der Waals surface area contributed by atoms with Crippen LogP contribution in [0.4, 0.5) is 5.69 Å². The first-order valence-electron chi connectivity index (χ1n) is 12.7. The van der Waals surface area contributed by atoms with Crippen molar-refractivity contribution in [2.45, 2.75) is 19.4 Å². The van der Waals surface area contributed by atoms with Crippen molar-refractivity contribution >= 4 is 16.7 Å². The van der Waals surface area contributed by atoms with Gasteiger partial charge in [-0.15, -0.1) is 0 Å². The number of hydrogen-bond acceptors (Lipinski definition) is 6. The number of aromatic nitrogens is 2. The first kappa shape index (κ1) is 25.1. The number of methoxy groups -OCH3 is 2. The lowest BCUT2D eigenvalue weighted by Crippen LogP contribution is -2.50. The van der Waals surface area contributed by atoms with Crippen molar-refractivity contribution in [2.75, 3.05) is 51.8 Å². The fourth-order valence-corrected chi connectivity index (χ4v) is 5.21. The van der Waals surface area contributed by atoms with Crippen molar-refractivity contribution in [3.8, 4) is 33.9 Å². The second-order valence-electron chi connectivity index (χ2n) is 10.4. The molecule has 1 aliphatic rings. The van der Waals surface area contributed by atoms with E-state index in [4.69, 9.17) is 14.5 Å². The largest absolute Gasteiger partial charge is 0.493 e. The van der Waals surface area contributed by atoms with Crippen LogP contribution < -0.4 is 14.4 Å². The summed E-state index contributed by atoms with van der Waals surface area (Å²) in [5.41, 5.74) is 6.97. The molecular formula is C30H36N4O3. The molecule has 0 spiro atoms. The van der Waals surface area contributed by atoms with E-state index >= 15 is 0 Å². The quantitative estimate of drug-likeness (QED) is 0.393. The van der Waals surface area contributed by atoms with Crippen LogP contribution in [0.3, 0.4) is 0 Å². The molecule has 1 fully saturated rings. The van der Waals surface area contributed by atoms with E-state index in [1.807, 2.05) is 38.2 Å². The molecule has 0 saturated carbocycles. The molecule has 2 aromatic carbocycles. The van der Waals surface area contributed by atoms with Gasteiger partial charge >= 0.3 is 0 Å². The van der Waals surface area contributed by atoms with Gasteiger partial charge in [-0.05, 0) is 61.9 Å². The molecule has 0 bridgehead atoms. The van der Waals surface area contributed by atoms with Gasteiger partial charge in [0.15, 0.2) is 11.5 Å². The maximum absolute atomic E-state index is 10.1. The number of aliphatic hydroxyl groups is 1. The van der Waals surface area contributed by atoms with Crippen molar-refractivity contribution in [2.24, 2.45) is 7.05 Å². The van der Waals surface area contributed by atoms with Crippen molar-refractivity contribution in [1.82, 2.24) is 14.5 Å². The molecule has 1 saturated heterocycles. The molecule has 37 heavy (non-hydrogen) atoms. The Kier molecular flexibility index (Phi) is 6.84. The topological polar surface area (TPSA) is 63.0 Å². The van der Waals surface area contributed by atoms with Crippen LogP contribution in [-0.4, -0.2) is 72.1 Å². The van der Waals surface area contributed by atoms with Gasteiger partial charge in [-0.2, -0.15) is 0 Å². The summed E-state index contributed by atoms with van der Waals surface area (Å²) >= 11 is 0. The second-order valence-corrected chi connectivity index (χ2v) is 10.4. The predicted octanol–water partition coefficient (Wildman–Crippen LogP) is 4.82. The molecule has 7 nitrogen and oxygen atoms in total. The van der Waals surface area contributed by atoms with Crippen LogP contribution in [0.25, 0.3) is 33.4 Å². The third-order valence-electron chi connectivity index (χ3n) is 7.12. The smallest absolute Gasteiger partial charge is 0.161 e. The highest BCUT2D eigenvalue weighted by atomic mass is 16.5. The summed E-state index contributed by atoms with van der Waals surface area (Å²) in [6.07, 6.45) is 1.95. The van der Waals surface area contributed by atoms with E-state index in [0.717, 1.165) is 59.6 Å². The molecule has 0 aliphatic carbocycles. The van der Waals surface area contributed by atoms with Gasteiger partial charge in [-0.25, -0.2) is 0 Å². The molecule has 7 heteroatoms. The van der Waals surface area contributed by atoms with Crippen LogP contribution in [0.15, 0.2) is 60.8 Å². The Hall–Kier alpha value is -3.55. The summed E-state index contributed by atoms with van der Waals surface area (Å²) in [5.74, 6) is 1.42. The molecule has 5 rings (SSSR count). The normalized spacial score (nSPS) is 14.8. The average molecular weight is 501 g/mol. The van der Waals surface area contributed by atoms with Gasteiger partial charge in [0.25, 0.3) is 0 Å². The molecule has 1 aliphatic heterocycles. The summed E-state index contributed by atoms with van der Waals surface area (Å²) in [5, 5.41) is 10.1. The van der Waals surface area contributed by atoms with E-state index in [1.165, 1.54) is 5.69 Å². The van der Waals surface area contributed by atoms with Crippen molar-refractivity contribution in [1.29, 1.82) is 0 Å². The molecule has 0 unspecified atom stereocenters. The summed E-state index contributed by atoms with van der Waals surface area (Å²) in [7, 11) is 5.37. The van der Waals surface area contributed by atoms with Crippen LogP contribution >= 0.6 is 0 Å². The summed E-state index contributed by atoms with van der Waals surface area (Å²) in [6, 6.07) is 19.0. The van der Waals surface area contributed by atoms with Gasteiger partial charge < -0.3 is 24.0 Å². The minimum absolute atomic E-state index is 0.653. The SMILES string of the molecule is COc1ccc(-c2cc3ncc(-c4ccc(N5CCN(CC(C)(C)O)CC5)cc4)cc3n2C)cc1OC. The number of benzene rings is 2. The number of hydrogen-bond donors (Lipinski definition) is 1. The third kappa shape index (κ3) is 5.29. The molecule has 3 heterocycles. The van der Waals surface area contributed by atoms with Gasteiger partial charge in [0.1, 0.15) is 0 Å². The van der Waals surface area contributed by atoms with Crippen molar-refractivity contribution in [3.05, 3.63) is 60.8 Å². The summed E-state index contributed by atoms with van der Waals surface area (Å²) in [6.45, 7) is 8.30. The van der Waals surface area contributed by atoms with Gasteiger partial charge in [0.05, 0.1) is 36.5 Å². The lowest BCUT2D eigenvalue weighted by molar-refractivity contribution is 0.0345. The number of β-amino-alcohol motifs (C(OH)–C–C–N with tert-alkyl or cyclic N) is 1. The number of ether oxygens (including phenoxy) is 2. The number of anilines is 1. The number of piperazine rings is 1. The van der Waals surface area contributed by atoms with Gasteiger partial charge in [0.2, 0.25) is 0 Å². The highest BCUT2D eigenvalue weighted by molar-refractivity contribution is 5.87. The van der Waals surface area contributed by atoms with Crippen LogP contribution in [0.1, 0.15) is 13.8 Å². The minimum atomic E-state index is -0.653. The maximum atomic E-state index is 10.1. The number of aryl methyl sites for hydroxylation is 1. The third-order valence-corrected chi connectivity index (χ3v) is 7.12. The second kappa shape index (κ2) is 10.1. The fourth-order valence-electron chi connectivity index (χ4n) is 5.21. The van der Waals surface area contributed by atoms with Crippen molar-refractivity contribution in [3.63, 3.8) is 0 Å². The lowest BCUT2D eigenvalue weighted by atomic mass is 10.1. The first-order chi connectivity index (χ1) is 17.8. The molecule has 2 aromatic heterocycles. The van der Waals surface area contributed by atoms with E-state index in [2.05, 4.69) is 57.8 Å². The van der Waals surface area contributed by atoms with E-state index in [1.54, 1.807) is 14.2 Å².